The standard InChI is InChI=1S/C20H19ClN2O3/c1-12-3-6-16(10-18(12)21)22-20(26)15-9-19(25)23(11-15)17-7-4-14(5-8-17)13(2)24/h3-8,10,15H,9,11H2,1-2H3,(H,22,26). The molecule has 1 heterocycles. The number of aryl methyl sites for hydroxylation is 1. The Labute approximate surface area is 156 Å². The average molecular weight is 371 g/mol. The highest BCUT2D eigenvalue weighted by atomic mass is 35.5. The van der Waals surface area contributed by atoms with Crippen molar-refractivity contribution in [3.63, 3.8) is 0 Å². The number of carbonyl (C=O) groups excluding carboxylic acids is 3. The minimum atomic E-state index is -0.435. The third-order valence-electron chi connectivity index (χ3n) is 4.52. The largest absolute Gasteiger partial charge is 0.326 e. The highest BCUT2D eigenvalue weighted by Gasteiger charge is 2.35. The molecule has 0 spiro atoms. The second kappa shape index (κ2) is 7.30. The number of anilines is 2. The van der Waals surface area contributed by atoms with Gasteiger partial charge in [-0.3, -0.25) is 14.4 Å². The molecule has 2 aromatic rings. The Kier molecular flexibility index (Phi) is 5.09. The van der Waals surface area contributed by atoms with Gasteiger partial charge in [-0.25, -0.2) is 0 Å². The summed E-state index contributed by atoms with van der Waals surface area (Å²) in [5, 5.41) is 3.40. The number of Topliss-reactive ketones (excluding diaryl/α,β-unsaturated/α-hetero) is 1. The van der Waals surface area contributed by atoms with E-state index in [-0.39, 0.29) is 24.0 Å². The van der Waals surface area contributed by atoms with Gasteiger partial charge in [-0.15, -0.1) is 0 Å². The predicted octanol–water partition coefficient (Wildman–Crippen LogP) is 3.84. The van der Waals surface area contributed by atoms with Crippen molar-refractivity contribution in [2.45, 2.75) is 20.3 Å². The van der Waals surface area contributed by atoms with Gasteiger partial charge in [0, 0.05) is 34.9 Å². The molecule has 134 valence electrons. The lowest BCUT2D eigenvalue weighted by molar-refractivity contribution is -0.122. The minimum Gasteiger partial charge on any atom is -0.326 e. The lowest BCUT2D eigenvalue weighted by Crippen LogP contribution is -2.28. The summed E-state index contributed by atoms with van der Waals surface area (Å²) < 4.78 is 0. The van der Waals surface area contributed by atoms with Crippen LogP contribution in [0.3, 0.4) is 0 Å². The lowest BCUT2D eigenvalue weighted by Gasteiger charge is -2.17. The maximum absolute atomic E-state index is 12.5. The molecular formula is C20H19ClN2O3. The molecule has 1 atom stereocenters. The number of amides is 2. The minimum absolute atomic E-state index is 0.0293. The molecule has 5 nitrogen and oxygen atoms in total. The van der Waals surface area contributed by atoms with Crippen molar-refractivity contribution in [1.82, 2.24) is 0 Å². The van der Waals surface area contributed by atoms with Crippen LogP contribution in [0.5, 0.6) is 0 Å². The first-order chi connectivity index (χ1) is 12.3. The van der Waals surface area contributed by atoms with E-state index in [2.05, 4.69) is 5.32 Å². The number of hydrogen-bond donors (Lipinski definition) is 1. The molecule has 1 unspecified atom stereocenters. The molecule has 1 fully saturated rings. The fraction of sp³-hybridized carbons (Fsp3) is 0.250. The van der Waals surface area contributed by atoms with Crippen LogP contribution in [0.25, 0.3) is 0 Å². The van der Waals surface area contributed by atoms with Crippen molar-refractivity contribution in [3.05, 3.63) is 58.6 Å². The SMILES string of the molecule is CC(=O)c1ccc(N2CC(C(=O)Nc3ccc(C)c(Cl)c3)CC2=O)cc1. The number of hydrogen-bond acceptors (Lipinski definition) is 3. The van der Waals surface area contributed by atoms with Crippen LogP contribution >= 0.6 is 11.6 Å². The van der Waals surface area contributed by atoms with Crippen molar-refractivity contribution in [3.8, 4) is 0 Å². The maximum Gasteiger partial charge on any atom is 0.229 e. The summed E-state index contributed by atoms with van der Waals surface area (Å²) in [4.78, 5) is 37.8. The van der Waals surface area contributed by atoms with Crippen LogP contribution in [0.4, 0.5) is 11.4 Å². The number of ketones is 1. The van der Waals surface area contributed by atoms with Crippen LogP contribution in [0.15, 0.2) is 42.5 Å². The molecule has 2 amide bonds. The predicted molar refractivity (Wildman–Crippen MR) is 102 cm³/mol. The fourth-order valence-electron chi connectivity index (χ4n) is 2.92. The first-order valence-electron chi connectivity index (χ1n) is 8.33. The van der Waals surface area contributed by atoms with Crippen LogP contribution in [-0.4, -0.2) is 24.1 Å². The first kappa shape index (κ1) is 18.1. The number of rotatable bonds is 4. The van der Waals surface area contributed by atoms with E-state index in [1.807, 2.05) is 13.0 Å². The van der Waals surface area contributed by atoms with Gasteiger partial charge >= 0.3 is 0 Å². The number of carbonyl (C=O) groups is 3. The van der Waals surface area contributed by atoms with Gasteiger partial charge in [0.05, 0.1) is 5.92 Å². The molecule has 0 radical (unpaired) electrons. The average Bonchev–Trinajstić information content (AvgIpc) is 3.00. The summed E-state index contributed by atoms with van der Waals surface area (Å²) in [6, 6.07) is 12.2. The summed E-state index contributed by atoms with van der Waals surface area (Å²) >= 11 is 6.08. The Bertz CT molecular complexity index is 877. The molecule has 0 bridgehead atoms. The van der Waals surface area contributed by atoms with Gasteiger partial charge < -0.3 is 10.2 Å². The number of benzene rings is 2. The van der Waals surface area contributed by atoms with Crippen LogP contribution in [0.2, 0.25) is 5.02 Å². The molecule has 1 saturated heterocycles. The summed E-state index contributed by atoms with van der Waals surface area (Å²) in [5.74, 6) is -0.780. The Morgan fingerprint density at radius 1 is 1.15 bits per heavy atom. The van der Waals surface area contributed by atoms with Crippen LogP contribution in [-0.2, 0) is 9.59 Å². The first-order valence-corrected chi connectivity index (χ1v) is 8.71. The van der Waals surface area contributed by atoms with Crippen LogP contribution < -0.4 is 10.2 Å². The quantitative estimate of drug-likeness (QED) is 0.831. The molecule has 1 N–H and O–H groups in total. The second-order valence-electron chi connectivity index (χ2n) is 6.46. The number of nitrogens with zero attached hydrogens (tertiary/aromatic N) is 1. The van der Waals surface area contributed by atoms with Crippen LogP contribution in [0, 0.1) is 12.8 Å². The molecular weight excluding hydrogens is 352 g/mol. The van der Waals surface area contributed by atoms with Gasteiger partial charge in [-0.2, -0.15) is 0 Å². The summed E-state index contributed by atoms with van der Waals surface area (Å²) in [6.07, 6.45) is 0.153. The number of nitrogens with one attached hydrogen (secondary N) is 1. The molecule has 3 rings (SSSR count). The Hall–Kier alpha value is -2.66. The van der Waals surface area contributed by atoms with E-state index in [0.29, 0.717) is 28.5 Å². The van der Waals surface area contributed by atoms with Gasteiger partial charge in [0.25, 0.3) is 0 Å². The topological polar surface area (TPSA) is 66.5 Å². The van der Waals surface area contributed by atoms with Crippen molar-refractivity contribution >= 4 is 40.6 Å². The zero-order chi connectivity index (χ0) is 18.8. The zero-order valence-corrected chi connectivity index (χ0v) is 15.3. The van der Waals surface area contributed by atoms with E-state index < -0.39 is 5.92 Å². The Morgan fingerprint density at radius 3 is 2.46 bits per heavy atom. The van der Waals surface area contributed by atoms with E-state index in [1.165, 1.54) is 6.92 Å². The summed E-state index contributed by atoms with van der Waals surface area (Å²) in [5.41, 5.74) is 2.82. The molecule has 2 aromatic carbocycles. The highest BCUT2D eigenvalue weighted by Crippen LogP contribution is 2.27. The van der Waals surface area contributed by atoms with Gasteiger partial charge in [0.15, 0.2) is 5.78 Å². The summed E-state index contributed by atoms with van der Waals surface area (Å²) in [7, 11) is 0. The molecule has 0 saturated carbocycles. The van der Waals surface area contributed by atoms with Crippen molar-refractivity contribution < 1.29 is 14.4 Å². The molecule has 26 heavy (non-hydrogen) atoms. The highest BCUT2D eigenvalue weighted by molar-refractivity contribution is 6.31. The maximum atomic E-state index is 12.5. The molecule has 0 aromatic heterocycles. The third-order valence-corrected chi connectivity index (χ3v) is 4.93. The monoisotopic (exact) mass is 370 g/mol. The van der Waals surface area contributed by atoms with Gasteiger partial charge in [0.2, 0.25) is 11.8 Å². The van der Waals surface area contributed by atoms with E-state index >= 15 is 0 Å². The fourth-order valence-corrected chi connectivity index (χ4v) is 3.10. The van der Waals surface area contributed by atoms with Crippen molar-refractivity contribution in [1.29, 1.82) is 0 Å². The van der Waals surface area contributed by atoms with E-state index in [4.69, 9.17) is 11.6 Å². The van der Waals surface area contributed by atoms with E-state index in [0.717, 1.165) is 5.56 Å². The van der Waals surface area contributed by atoms with Crippen molar-refractivity contribution in [2.24, 2.45) is 5.92 Å². The molecule has 1 aliphatic heterocycles. The van der Waals surface area contributed by atoms with E-state index in [1.54, 1.807) is 41.3 Å². The summed E-state index contributed by atoms with van der Waals surface area (Å²) in [6.45, 7) is 3.69. The van der Waals surface area contributed by atoms with Gasteiger partial charge in [-0.1, -0.05) is 17.7 Å². The molecule has 6 heteroatoms. The second-order valence-corrected chi connectivity index (χ2v) is 6.87. The Balaban J connectivity index is 1.69. The number of halogens is 1. The Morgan fingerprint density at radius 2 is 1.85 bits per heavy atom. The molecule has 0 aliphatic carbocycles. The lowest BCUT2D eigenvalue weighted by atomic mass is 10.1. The zero-order valence-electron chi connectivity index (χ0n) is 14.6. The van der Waals surface area contributed by atoms with Gasteiger partial charge in [0.1, 0.15) is 0 Å². The van der Waals surface area contributed by atoms with Crippen molar-refractivity contribution in [2.75, 3.05) is 16.8 Å². The van der Waals surface area contributed by atoms with E-state index in [9.17, 15) is 14.4 Å². The smallest absolute Gasteiger partial charge is 0.229 e. The molecule has 1 aliphatic rings. The normalized spacial score (nSPS) is 16.7. The third kappa shape index (κ3) is 3.78. The van der Waals surface area contributed by atoms with Crippen LogP contribution in [0.1, 0.15) is 29.3 Å². The van der Waals surface area contributed by atoms with Gasteiger partial charge in [-0.05, 0) is 55.8 Å².